The smallest absolute Gasteiger partial charge is 0.365 e. The number of likely N-dealkylation sites (tertiary alicyclic amines) is 1. The van der Waals surface area contributed by atoms with Crippen LogP contribution in [0.2, 0.25) is 0 Å². The number of amides is 1. The average molecular weight is 442 g/mol. The van der Waals surface area contributed by atoms with E-state index in [-0.39, 0.29) is 18.0 Å². The molecule has 5 rings (SSSR count). The van der Waals surface area contributed by atoms with Gasteiger partial charge in [-0.25, -0.2) is 4.98 Å². The summed E-state index contributed by atoms with van der Waals surface area (Å²) in [5.41, 5.74) is 1.10. The van der Waals surface area contributed by atoms with E-state index in [2.05, 4.69) is 15.5 Å². The van der Waals surface area contributed by atoms with Crippen LogP contribution in [0, 0.1) is 12.8 Å². The number of hydrogen-bond acceptors (Lipinski definition) is 5. The minimum atomic E-state index is -4.42. The molecular formula is C23H21F3N4O2. The quantitative estimate of drug-likeness (QED) is 0.630. The van der Waals surface area contributed by atoms with Crippen LogP contribution in [0.25, 0.3) is 11.3 Å². The van der Waals surface area contributed by atoms with Gasteiger partial charge in [0.05, 0.1) is 11.6 Å². The fraction of sp³-hybridized carbons (Fsp3) is 0.348. The topological polar surface area (TPSA) is 71.3 Å². The molecule has 3 aromatic rings. The van der Waals surface area contributed by atoms with Crippen LogP contribution in [0.1, 0.15) is 34.5 Å². The first-order valence-electron chi connectivity index (χ1n) is 10.4. The maximum Gasteiger partial charge on any atom is 0.417 e. The molecule has 1 aromatic carbocycles. The van der Waals surface area contributed by atoms with Crippen LogP contribution in [-0.4, -0.2) is 39.6 Å². The SMILES string of the molecule is Cc1cc(-c2ccccc2C(=O)N2C[C@@H]3C[C@@H](Nc4ccc(C(F)(F)F)cn4)[C@@H]2C3)no1. The summed E-state index contributed by atoms with van der Waals surface area (Å²) in [6, 6.07) is 11.3. The summed E-state index contributed by atoms with van der Waals surface area (Å²) in [6.45, 7) is 2.46. The maximum atomic E-state index is 13.5. The number of alkyl halides is 3. The van der Waals surface area contributed by atoms with Gasteiger partial charge < -0.3 is 14.7 Å². The Morgan fingerprint density at radius 1 is 1.19 bits per heavy atom. The molecule has 2 bridgehead atoms. The molecule has 1 amide bonds. The van der Waals surface area contributed by atoms with Gasteiger partial charge in [-0.2, -0.15) is 13.2 Å². The highest BCUT2D eigenvalue weighted by molar-refractivity contribution is 6.01. The highest BCUT2D eigenvalue weighted by Crippen LogP contribution is 2.40. The number of rotatable bonds is 4. The zero-order valence-corrected chi connectivity index (χ0v) is 17.3. The fourth-order valence-electron chi connectivity index (χ4n) is 4.79. The molecule has 9 heteroatoms. The molecule has 1 saturated carbocycles. The third-order valence-electron chi connectivity index (χ3n) is 6.23. The summed E-state index contributed by atoms with van der Waals surface area (Å²) >= 11 is 0. The van der Waals surface area contributed by atoms with E-state index in [9.17, 15) is 18.0 Å². The second kappa shape index (κ2) is 7.65. The Kier molecular flexibility index (Phi) is 4.91. The lowest BCUT2D eigenvalue weighted by Crippen LogP contribution is -2.47. The number of aromatic nitrogens is 2. The molecule has 3 atom stereocenters. The number of nitrogens with zero attached hydrogens (tertiary/aromatic N) is 3. The normalized spacial score (nSPS) is 22.4. The zero-order valence-electron chi connectivity index (χ0n) is 17.3. The van der Waals surface area contributed by atoms with Crippen LogP contribution in [0.15, 0.2) is 53.2 Å². The molecule has 0 spiro atoms. The van der Waals surface area contributed by atoms with Crippen molar-refractivity contribution in [2.24, 2.45) is 5.92 Å². The van der Waals surface area contributed by atoms with Crippen molar-refractivity contribution in [3.63, 3.8) is 0 Å². The van der Waals surface area contributed by atoms with E-state index in [1.165, 1.54) is 6.07 Å². The Balaban J connectivity index is 1.35. The number of fused-ring (bicyclic) bond motifs is 2. The van der Waals surface area contributed by atoms with Crippen molar-refractivity contribution < 1.29 is 22.5 Å². The van der Waals surface area contributed by atoms with Crippen molar-refractivity contribution in [1.29, 1.82) is 0 Å². The second-order valence-corrected chi connectivity index (χ2v) is 8.41. The van der Waals surface area contributed by atoms with Gasteiger partial charge in [0.2, 0.25) is 0 Å². The van der Waals surface area contributed by atoms with Gasteiger partial charge in [0, 0.05) is 36.0 Å². The number of pyridine rings is 1. The Morgan fingerprint density at radius 2 is 2.00 bits per heavy atom. The van der Waals surface area contributed by atoms with Crippen molar-refractivity contribution in [2.75, 3.05) is 11.9 Å². The number of carbonyl (C=O) groups is 1. The molecule has 1 aliphatic heterocycles. The molecule has 166 valence electrons. The number of anilines is 1. The lowest BCUT2D eigenvalue weighted by molar-refractivity contribution is -0.137. The Labute approximate surface area is 182 Å². The standard InChI is InChI=1S/C23H21F3N4O2/c1-13-8-18(29-32-13)16-4-2-3-5-17(16)22(31)30-12-14-9-19(20(30)10-14)28-21-7-6-15(11-27-21)23(24,25)26/h2-8,11,14,19-20H,9-10,12H2,1H3,(H,27,28)/t14-,19-,20+/m1/s1. The predicted octanol–water partition coefficient (Wildman–Crippen LogP) is 4.78. The van der Waals surface area contributed by atoms with Gasteiger partial charge >= 0.3 is 6.18 Å². The van der Waals surface area contributed by atoms with Crippen LogP contribution < -0.4 is 5.32 Å². The first-order valence-corrected chi connectivity index (χ1v) is 10.4. The van der Waals surface area contributed by atoms with Crippen molar-refractivity contribution in [3.8, 4) is 11.3 Å². The Hall–Kier alpha value is -3.36. The van der Waals surface area contributed by atoms with Gasteiger partial charge in [0.25, 0.3) is 5.91 Å². The first-order chi connectivity index (χ1) is 15.3. The Bertz CT molecular complexity index is 1140. The molecule has 6 nitrogen and oxygen atoms in total. The molecule has 0 radical (unpaired) electrons. The van der Waals surface area contributed by atoms with E-state index in [0.29, 0.717) is 40.9 Å². The van der Waals surface area contributed by atoms with Crippen LogP contribution in [-0.2, 0) is 6.18 Å². The molecule has 2 aromatic heterocycles. The highest BCUT2D eigenvalue weighted by atomic mass is 19.4. The lowest BCUT2D eigenvalue weighted by atomic mass is 10.0. The minimum Gasteiger partial charge on any atom is -0.365 e. The van der Waals surface area contributed by atoms with E-state index >= 15 is 0 Å². The second-order valence-electron chi connectivity index (χ2n) is 8.41. The van der Waals surface area contributed by atoms with Gasteiger partial charge in [-0.3, -0.25) is 4.79 Å². The van der Waals surface area contributed by atoms with Crippen LogP contribution in [0.3, 0.4) is 0 Å². The molecule has 2 aliphatic rings. The molecule has 3 heterocycles. The van der Waals surface area contributed by atoms with Gasteiger partial charge in [0.15, 0.2) is 0 Å². The number of hydrogen-bond donors (Lipinski definition) is 1. The lowest BCUT2D eigenvalue weighted by Gasteiger charge is -2.34. The molecule has 1 N–H and O–H groups in total. The highest BCUT2D eigenvalue weighted by Gasteiger charge is 2.47. The van der Waals surface area contributed by atoms with E-state index < -0.39 is 11.7 Å². The number of benzene rings is 1. The largest absolute Gasteiger partial charge is 0.417 e. The van der Waals surface area contributed by atoms with Gasteiger partial charge in [-0.05, 0) is 43.9 Å². The number of aryl methyl sites for hydroxylation is 1. The van der Waals surface area contributed by atoms with Crippen LogP contribution >= 0.6 is 0 Å². The van der Waals surface area contributed by atoms with Crippen LogP contribution in [0.4, 0.5) is 19.0 Å². The maximum absolute atomic E-state index is 13.5. The zero-order chi connectivity index (χ0) is 22.5. The molecule has 1 aliphatic carbocycles. The van der Waals surface area contributed by atoms with Crippen LogP contribution in [0.5, 0.6) is 0 Å². The third kappa shape index (κ3) is 3.72. The third-order valence-corrected chi connectivity index (χ3v) is 6.23. The average Bonchev–Trinajstić information content (AvgIpc) is 3.49. The van der Waals surface area contributed by atoms with Crippen molar-refractivity contribution in [2.45, 2.75) is 38.0 Å². The van der Waals surface area contributed by atoms with E-state index in [4.69, 9.17) is 4.52 Å². The number of halogens is 3. The molecule has 32 heavy (non-hydrogen) atoms. The molecule has 0 unspecified atom stereocenters. The summed E-state index contributed by atoms with van der Waals surface area (Å²) in [6.07, 6.45) is -1.89. The van der Waals surface area contributed by atoms with Crippen molar-refractivity contribution in [3.05, 3.63) is 65.5 Å². The van der Waals surface area contributed by atoms with E-state index in [1.54, 1.807) is 19.1 Å². The van der Waals surface area contributed by atoms with Gasteiger partial charge in [-0.1, -0.05) is 23.4 Å². The molecule has 1 saturated heterocycles. The first kappa shape index (κ1) is 20.5. The van der Waals surface area contributed by atoms with Crippen molar-refractivity contribution in [1.82, 2.24) is 15.0 Å². The summed E-state index contributed by atoms with van der Waals surface area (Å²) < 4.78 is 43.5. The molecular weight excluding hydrogens is 421 g/mol. The van der Waals surface area contributed by atoms with E-state index in [1.807, 2.05) is 23.1 Å². The number of piperidine rings is 1. The van der Waals surface area contributed by atoms with Gasteiger partial charge in [0.1, 0.15) is 17.3 Å². The van der Waals surface area contributed by atoms with Gasteiger partial charge in [-0.15, -0.1) is 0 Å². The summed E-state index contributed by atoms with van der Waals surface area (Å²) in [5.74, 6) is 1.30. The predicted molar refractivity (Wildman–Crippen MR) is 111 cm³/mol. The molecule has 2 fully saturated rings. The number of nitrogens with one attached hydrogen (secondary N) is 1. The fourth-order valence-corrected chi connectivity index (χ4v) is 4.79. The monoisotopic (exact) mass is 442 g/mol. The van der Waals surface area contributed by atoms with E-state index in [0.717, 1.165) is 25.1 Å². The van der Waals surface area contributed by atoms with Crippen molar-refractivity contribution >= 4 is 11.7 Å². The Morgan fingerprint density at radius 3 is 2.66 bits per heavy atom. The minimum absolute atomic E-state index is 0.0521. The summed E-state index contributed by atoms with van der Waals surface area (Å²) in [5, 5.41) is 7.29. The number of carbonyl (C=O) groups excluding carboxylic acids is 1. The summed E-state index contributed by atoms with van der Waals surface area (Å²) in [7, 11) is 0. The summed E-state index contributed by atoms with van der Waals surface area (Å²) in [4.78, 5) is 19.3.